The molecule has 7 heteroatoms. The number of nitrogens with one attached hydrogen (secondary N) is 1. The fourth-order valence-corrected chi connectivity index (χ4v) is 1.47. The number of halogens is 4. The van der Waals surface area contributed by atoms with E-state index in [2.05, 4.69) is 5.32 Å². The summed E-state index contributed by atoms with van der Waals surface area (Å²) < 4.78 is 48.1. The van der Waals surface area contributed by atoms with Gasteiger partial charge in [-0.25, -0.2) is 4.39 Å². The Morgan fingerprint density at radius 2 is 2.00 bits per heavy atom. The predicted molar refractivity (Wildman–Crippen MR) is 57.8 cm³/mol. The number of benzene rings is 1. The Balaban J connectivity index is 2.40. The molecule has 0 spiro atoms. The molecule has 0 bridgehead atoms. The Bertz CT molecular complexity index is 354. The lowest BCUT2D eigenvalue weighted by molar-refractivity contribution is -0.0327. The number of alkyl halides is 3. The molecule has 0 saturated heterocycles. The smallest absolute Gasteiger partial charge is 0.397 e. The van der Waals surface area contributed by atoms with Gasteiger partial charge in [-0.15, -0.1) is 0 Å². The third kappa shape index (κ3) is 4.61. The lowest BCUT2D eigenvalue weighted by Crippen LogP contribution is -2.10. The first-order valence-corrected chi connectivity index (χ1v) is 5.36. The van der Waals surface area contributed by atoms with Crippen LogP contribution in [0.5, 0.6) is 0 Å². The van der Waals surface area contributed by atoms with Gasteiger partial charge in [-0.2, -0.15) is 13.2 Å². The van der Waals surface area contributed by atoms with Crippen molar-refractivity contribution in [1.29, 1.82) is 0 Å². The van der Waals surface area contributed by atoms with Crippen LogP contribution in [-0.2, 0) is 0 Å². The molecule has 0 heterocycles. The van der Waals surface area contributed by atoms with E-state index in [1.165, 1.54) is 12.1 Å². The standard InChI is InChI=1S/C9H10F4N2S/c10-6-1-2-7(14)8(5-6)15-3-4-16-9(11,12)13/h1-2,5,15H,3-4,14H2. The zero-order valence-electron chi connectivity index (χ0n) is 8.14. The first-order chi connectivity index (χ1) is 7.38. The molecule has 0 radical (unpaired) electrons. The molecule has 0 atom stereocenters. The van der Waals surface area contributed by atoms with E-state index in [1.807, 2.05) is 0 Å². The summed E-state index contributed by atoms with van der Waals surface area (Å²) in [4.78, 5) is 0. The van der Waals surface area contributed by atoms with Crippen molar-refractivity contribution in [2.24, 2.45) is 0 Å². The average Bonchev–Trinajstić information content (AvgIpc) is 2.16. The lowest BCUT2D eigenvalue weighted by Gasteiger charge is -2.10. The summed E-state index contributed by atoms with van der Waals surface area (Å²) >= 11 is -0.134. The molecule has 1 rings (SSSR count). The van der Waals surface area contributed by atoms with Crippen LogP contribution in [0.4, 0.5) is 28.9 Å². The van der Waals surface area contributed by atoms with E-state index in [0.29, 0.717) is 11.4 Å². The maximum Gasteiger partial charge on any atom is 0.441 e. The molecular weight excluding hydrogens is 244 g/mol. The summed E-state index contributed by atoms with van der Waals surface area (Å²) in [5.41, 5.74) is 1.87. The molecule has 1 aromatic carbocycles. The highest BCUT2D eigenvalue weighted by molar-refractivity contribution is 8.00. The number of nitrogens with two attached hydrogens (primary N) is 1. The van der Waals surface area contributed by atoms with Crippen LogP contribution in [0.25, 0.3) is 0 Å². The van der Waals surface area contributed by atoms with Gasteiger partial charge in [0.2, 0.25) is 0 Å². The third-order valence-electron chi connectivity index (χ3n) is 1.70. The summed E-state index contributed by atoms with van der Waals surface area (Å²) in [6.45, 7) is 0.0673. The minimum Gasteiger partial charge on any atom is -0.397 e. The van der Waals surface area contributed by atoms with E-state index in [-0.39, 0.29) is 24.1 Å². The Morgan fingerprint density at radius 3 is 2.62 bits per heavy atom. The van der Waals surface area contributed by atoms with Gasteiger partial charge in [-0.05, 0) is 30.0 Å². The van der Waals surface area contributed by atoms with Crippen LogP contribution in [0.1, 0.15) is 0 Å². The van der Waals surface area contributed by atoms with Crippen molar-refractivity contribution < 1.29 is 17.6 Å². The van der Waals surface area contributed by atoms with Crippen molar-refractivity contribution >= 4 is 23.1 Å². The van der Waals surface area contributed by atoms with Gasteiger partial charge in [0.05, 0.1) is 11.4 Å². The monoisotopic (exact) mass is 254 g/mol. The van der Waals surface area contributed by atoms with Gasteiger partial charge in [0.1, 0.15) is 5.82 Å². The maximum atomic E-state index is 12.8. The Kier molecular flexibility index (Phi) is 4.28. The average molecular weight is 254 g/mol. The Labute approximate surface area is 94.2 Å². The van der Waals surface area contributed by atoms with Crippen molar-refractivity contribution in [2.75, 3.05) is 23.3 Å². The van der Waals surface area contributed by atoms with Gasteiger partial charge in [0.15, 0.2) is 0 Å². The molecular formula is C9H10F4N2S. The number of rotatable bonds is 4. The second-order valence-corrected chi connectivity index (χ2v) is 4.11. The quantitative estimate of drug-likeness (QED) is 0.492. The normalized spacial score (nSPS) is 11.5. The molecule has 0 aliphatic carbocycles. The van der Waals surface area contributed by atoms with Crippen LogP contribution in [-0.4, -0.2) is 17.8 Å². The van der Waals surface area contributed by atoms with Crippen LogP contribution >= 0.6 is 11.8 Å². The number of nitrogen functional groups attached to an aromatic ring is 1. The molecule has 90 valence electrons. The molecule has 0 aliphatic heterocycles. The van der Waals surface area contributed by atoms with E-state index >= 15 is 0 Å². The molecule has 0 unspecified atom stereocenters. The molecule has 16 heavy (non-hydrogen) atoms. The number of thioether (sulfide) groups is 1. The Hall–Kier alpha value is -1.11. The van der Waals surface area contributed by atoms with Crippen LogP contribution in [0, 0.1) is 5.82 Å². The Morgan fingerprint density at radius 1 is 1.31 bits per heavy atom. The molecule has 0 saturated carbocycles. The minimum absolute atomic E-state index is 0.0673. The summed E-state index contributed by atoms with van der Waals surface area (Å²) in [7, 11) is 0. The van der Waals surface area contributed by atoms with E-state index in [9.17, 15) is 17.6 Å². The van der Waals surface area contributed by atoms with Crippen molar-refractivity contribution in [1.82, 2.24) is 0 Å². The fourth-order valence-electron chi connectivity index (χ4n) is 1.03. The molecule has 0 aliphatic rings. The van der Waals surface area contributed by atoms with E-state index < -0.39 is 11.3 Å². The maximum absolute atomic E-state index is 12.8. The summed E-state index contributed by atoms with van der Waals surface area (Å²) in [6.07, 6.45) is 0. The first kappa shape index (κ1) is 13.0. The second-order valence-electron chi connectivity index (χ2n) is 2.95. The minimum atomic E-state index is -4.24. The molecule has 0 aromatic heterocycles. The van der Waals surface area contributed by atoms with Crippen molar-refractivity contribution in [2.45, 2.75) is 5.51 Å². The third-order valence-corrected chi connectivity index (χ3v) is 2.43. The number of hydrogen-bond donors (Lipinski definition) is 2. The highest BCUT2D eigenvalue weighted by Crippen LogP contribution is 2.29. The molecule has 2 nitrogen and oxygen atoms in total. The highest BCUT2D eigenvalue weighted by atomic mass is 32.2. The highest BCUT2D eigenvalue weighted by Gasteiger charge is 2.27. The van der Waals surface area contributed by atoms with Crippen LogP contribution in [0.3, 0.4) is 0 Å². The number of anilines is 2. The van der Waals surface area contributed by atoms with Crippen LogP contribution < -0.4 is 11.1 Å². The lowest BCUT2D eigenvalue weighted by atomic mass is 10.2. The van der Waals surface area contributed by atoms with E-state index in [1.54, 1.807) is 0 Å². The second kappa shape index (κ2) is 5.29. The molecule has 3 N–H and O–H groups in total. The summed E-state index contributed by atoms with van der Waals surface area (Å²) in [5, 5.41) is 2.64. The van der Waals surface area contributed by atoms with E-state index in [4.69, 9.17) is 5.73 Å². The van der Waals surface area contributed by atoms with Gasteiger partial charge in [-0.1, -0.05) is 0 Å². The van der Waals surface area contributed by atoms with Crippen LogP contribution in [0.15, 0.2) is 18.2 Å². The summed E-state index contributed by atoms with van der Waals surface area (Å²) in [5.74, 6) is -0.639. The first-order valence-electron chi connectivity index (χ1n) is 4.38. The fraction of sp³-hybridized carbons (Fsp3) is 0.333. The summed E-state index contributed by atoms with van der Waals surface area (Å²) in [6, 6.07) is 3.69. The van der Waals surface area contributed by atoms with Gasteiger partial charge in [0.25, 0.3) is 0 Å². The van der Waals surface area contributed by atoms with Gasteiger partial charge in [-0.3, -0.25) is 0 Å². The van der Waals surface area contributed by atoms with Crippen LogP contribution in [0.2, 0.25) is 0 Å². The SMILES string of the molecule is Nc1ccc(F)cc1NCCSC(F)(F)F. The van der Waals surface area contributed by atoms with Gasteiger partial charge >= 0.3 is 5.51 Å². The zero-order chi connectivity index (χ0) is 12.2. The van der Waals surface area contributed by atoms with Gasteiger partial charge in [0, 0.05) is 12.3 Å². The van der Waals surface area contributed by atoms with Gasteiger partial charge < -0.3 is 11.1 Å². The topological polar surface area (TPSA) is 38.0 Å². The molecule has 1 aromatic rings. The zero-order valence-corrected chi connectivity index (χ0v) is 8.96. The van der Waals surface area contributed by atoms with Crippen molar-refractivity contribution in [3.8, 4) is 0 Å². The molecule has 0 fully saturated rings. The number of hydrogen-bond acceptors (Lipinski definition) is 3. The predicted octanol–water partition coefficient (Wildman–Crippen LogP) is 3.07. The van der Waals surface area contributed by atoms with E-state index in [0.717, 1.165) is 6.07 Å². The van der Waals surface area contributed by atoms with Crippen molar-refractivity contribution in [3.05, 3.63) is 24.0 Å². The largest absolute Gasteiger partial charge is 0.441 e. The van der Waals surface area contributed by atoms with Crippen molar-refractivity contribution in [3.63, 3.8) is 0 Å². The molecule has 0 amide bonds.